The molecule has 2 aliphatic carbocycles. The van der Waals surface area contributed by atoms with E-state index in [-0.39, 0.29) is 0 Å². The fourth-order valence-corrected chi connectivity index (χ4v) is 4.47. The number of aromatic nitrogens is 3. The van der Waals surface area contributed by atoms with Gasteiger partial charge in [0.25, 0.3) is 0 Å². The molecule has 106 valence electrons. The third kappa shape index (κ3) is 2.11. The van der Waals surface area contributed by atoms with Crippen LogP contribution in [0.4, 0.5) is 0 Å². The van der Waals surface area contributed by atoms with E-state index in [0.29, 0.717) is 10.8 Å². The van der Waals surface area contributed by atoms with Crippen LogP contribution in [0.5, 0.6) is 0 Å². The number of nitrogens with zero attached hydrogens (tertiary/aromatic N) is 3. The molecule has 0 amide bonds. The highest BCUT2D eigenvalue weighted by molar-refractivity contribution is 5.14. The second-order valence-electron chi connectivity index (χ2n) is 7.33. The first-order valence-electron chi connectivity index (χ1n) is 7.92. The highest BCUT2D eigenvalue weighted by Gasteiger charge is 2.45. The number of rotatable bonds is 0. The molecule has 1 aromatic heterocycles. The van der Waals surface area contributed by atoms with E-state index in [0.717, 1.165) is 6.42 Å². The van der Waals surface area contributed by atoms with Crippen LogP contribution in [0.2, 0.25) is 0 Å². The Balaban J connectivity index is 1.92. The number of hydrogen-bond donors (Lipinski definition) is 0. The van der Waals surface area contributed by atoms with E-state index in [9.17, 15) is 0 Å². The maximum absolute atomic E-state index is 4.37. The average Bonchev–Trinajstić information content (AvgIpc) is 2.74. The van der Waals surface area contributed by atoms with E-state index in [1.807, 2.05) is 11.7 Å². The van der Waals surface area contributed by atoms with Crippen molar-refractivity contribution in [2.45, 2.75) is 71.6 Å². The Kier molecular flexibility index (Phi) is 3.18. The van der Waals surface area contributed by atoms with Crippen LogP contribution in [0.25, 0.3) is 0 Å². The highest BCUT2D eigenvalue weighted by atomic mass is 15.4. The summed E-state index contributed by atoms with van der Waals surface area (Å²) in [5.74, 6) is 0. The summed E-state index contributed by atoms with van der Waals surface area (Å²) in [5.41, 5.74) is 3.65. The molecule has 1 saturated carbocycles. The zero-order valence-corrected chi connectivity index (χ0v) is 12.7. The van der Waals surface area contributed by atoms with Crippen molar-refractivity contribution in [1.82, 2.24) is 15.0 Å². The first kappa shape index (κ1) is 13.1. The molecule has 0 atom stereocenters. The Hall–Kier alpha value is -0.860. The monoisotopic (exact) mass is 261 g/mol. The molecule has 3 nitrogen and oxygen atoms in total. The van der Waals surface area contributed by atoms with Gasteiger partial charge in [0.15, 0.2) is 0 Å². The summed E-state index contributed by atoms with van der Waals surface area (Å²) in [5, 5.41) is 8.60. The van der Waals surface area contributed by atoms with Crippen LogP contribution < -0.4 is 0 Å². The Labute approximate surface area is 116 Å². The van der Waals surface area contributed by atoms with E-state index in [4.69, 9.17) is 0 Å². The summed E-state index contributed by atoms with van der Waals surface area (Å²) in [7, 11) is 2.05. The number of fused-ring (bicyclic) bond motifs is 1. The van der Waals surface area contributed by atoms with Gasteiger partial charge in [0.2, 0.25) is 0 Å². The van der Waals surface area contributed by atoms with Gasteiger partial charge in [-0.05, 0) is 49.4 Å². The van der Waals surface area contributed by atoms with Crippen molar-refractivity contribution in [1.29, 1.82) is 0 Å². The Morgan fingerprint density at radius 3 is 2.42 bits per heavy atom. The van der Waals surface area contributed by atoms with Crippen LogP contribution in [-0.2, 0) is 19.9 Å². The van der Waals surface area contributed by atoms with Crippen LogP contribution in [-0.4, -0.2) is 15.0 Å². The summed E-state index contributed by atoms with van der Waals surface area (Å²) >= 11 is 0. The fraction of sp³-hybridized carbons (Fsp3) is 0.875. The normalized spacial score (nSPS) is 25.6. The summed E-state index contributed by atoms with van der Waals surface area (Å²) < 4.78 is 2.00. The number of hydrogen-bond acceptors (Lipinski definition) is 2. The van der Waals surface area contributed by atoms with Crippen molar-refractivity contribution in [3.05, 3.63) is 11.4 Å². The van der Waals surface area contributed by atoms with Crippen molar-refractivity contribution in [3.8, 4) is 0 Å². The van der Waals surface area contributed by atoms with Crippen molar-refractivity contribution in [3.63, 3.8) is 0 Å². The quantitative estimate of drug-likeness (QED) is 0.713. The molecular weight excluding hydrogens is 234 g/mol. The summed E-state index contributed by atoms with van der Waals surface area (Å²) in [6.45, 7) is 5.00. The Morgan fingerprint density at radius 2 is 1.68 bits per heavy atom. The molecule has 0 aromatic carbocycles. The second kappa shape index (κ2) is 4.60. The number of aryl methyl sites for hydroxylation is 2. The van der Waals surface area contributed by atoms with Crippen LogP contribution in [0.1, 0.15) is 70.2 Å². The maximum Gasteiger partial charge on any atom is 0.0859 e. The Bertz CT molecular complexity index is 453. The van der Waals surface area contributed by atoms with Gasteiger partial charge in [-0.2, -0.15) is 0 Å². The lowest BCUT2D eigenvalue weighted by Crippen LogP contribution is -2.41. The average molecular weight is 261 g/mol. The van der Waals surface area contributed by atoms with E-state index >= 15 is 0 Å². The van der Waals surface area contributed by atoms with Gasteiger partial charge in [0, 0.05) is 7.05 Å². The molecule has 3 rings (SSSR count). The van der Waals surface area contributed by atoms with Crippen LogP contribution >= 0.6 is 0 Å². The van der Waals surface area contributed by atoms with E-state index in [1.165, 1.54) is 62.8 Å². The van der Waals surface area contributed by atoms with Gasteiger partial charge in [-0.1, -0.05) is 38.3 Å². The first-order valence-corrected chi connectivity index (χ1v) is 7.92. The van der Waals surface area contributed by atoms with Crippen LogP contribution in [0, 0.1) is 10.8 Å². The zero-order chi connectivity index (χ0) is 13.5. The lowest BCUT2D eigenvalue weighted by molar-refractivity contribution is 0.00602. The smallest absolute Gasteiger partial charge is 0.0859 e. The van der Waals surface area contributed by atoms with Gasteiger partial charge in [0.05, 0.1) is 11.4 Å². The van der Waals surface area contributed by atoms with Gasteiger partial charge in [0.1, 0.15) is 0 Å². The Morgan fingerprint density at radius 1 is 0.947 bits per heavy atom. The van der Waals surface area contributed by atoms with Gasteiger partial charge >= 0.3 is 0 Å². The molecule has 3 heteroatoms. The largest absolute Gasteiger partial charge is 0.252 e. The van der Waals surface area contributed by atoms with Crippen LogP contribution in [0.3, 0.4) is 0 Å². The molecule has 1 aromatic rings. The lowest BCUT2D eigenvalue weighted by Gasteiger charge is -2.51. The van der Waals surface area contributed by atoms with E-state index in [1.54, 1.807) is 0 Å². The molecule has 0 N–H and O–H groups in total. The van der Waals surface area contributed by atoms with Crippen LogP contribution in [0.15, 0.2) is 0 Å². The van der Waals surface area contributed by atoms with Gasteiger partial charge in [-0.25, -0.2) is 0 Å². The topological polar surface area (TPSA) is 30.7 Å². The minimum Gasteiger partial charge on any atom is -0.252 e. The van der Waals surface area contributed by atoms with E-state index < -0.39 is 0 Å². The molecule has 0 unspecified atom stereocenters. The zero-order valence-electron chi connectivity index (χ0n) is 12.7. The van der Waals surface area contributed by atoms with Crippen molar-refractivity contribution >= 4 is 0 Å². The van der Waals surface area contributed by atoms with Crippen molar-refractivity contribution in [2.24, 2.45) is 17.9 Å². The minimum atomic E-state index is 0.447. The standard InChI is InChI=1S/C16H27N3/c1-15(2)11-7-13-14(19(3)18-17-13)8-12-16(15)9-5-4-6-10-16/h4-12H2,1-3H3. The summed E-state index contributed by atoms with van der Waals surface area (Å²) in [6.07, 6.45) is 12.0. The predicted molar refractivity (Wildman–Crippen MR) is 76.9 cm³/mol. The first-order chi connectivity index (χ1) is 9.04. The van der Waals surface area contributed by atoms with Gasteiger partial charge in [-0.15, -0.1) is 5.10 Å². The van der Waals surface area contributed by atoms with E-state index in [2.05, 4.69) is 24.2 Å². The molecule has 1 fully saturated rings. The van der Waals surface area contributed by atoms with Crippen molar-refractivity contribution < 1.29 is 0 Å². The molecule has 19 heavy (non-hydrogen) atoms. The summed E-state index contributed by atoms with van der Waals surface area (Å²) in [6, 6.07) is 0. The fourth-order valence-electron chi connectivity index (χ4n) is 4.47. The molecule has 0 saturated heterocycles. The molecule has 0 radical (unpaired) electrons. The molecule has 0 bridgehead atoms. The highest BCUT2D eigenvalue weighted by Crippen LogP contribution is 2.55. The third-order valence-electron chi connectivity index (χ3n) is 6.10. The van der Waals surface area contributed by atoms with Gasteiger partial charge < -0.3 is 0 Å². The second-order valence-corrected chi connectivity index (χ2v) is 7.33. The predicted octanol–water partition coefficient (Wildman–Crippen LogP) is 3.67. The van der Waals surface area contributed by atoms with Crippen molar-refractivity contribution in [2.75, 3.05) is 0 Å². The third-order valence-corrected chi connectivity index (χ3v) is 6.10. The molecule has 2 aliphatic rings. The summed E-state index contributed by atoms with van der Waals surface area (Å²) in [4.78, 5) is 0. The minimum absolute atomic E-state index is 0.447. The molecule has 0 aliphatic heterocycles. The lowest BCUT2D eigenvalue weighted by atomic mass is 9.54. The molecular formula is C16H27N3. The molecule has 1 heterocycles. The maximum atomic E-state index is 4.37. The molecule has 1 spiro atoms. The van der Waals surface area contributed by atoms with Gasteiger partial charge in [-0.3, -0.25) is 4.68 Å². The SMILES string of the molecule is Cn1nnc2c1CCC1(CCCCC1)C(C)(C)CC2.